The second-order valence-corrected chi connectivity index (χ2v) is 2.42. The minimum absolute atomic E-state index is 0. The number of hydrogen-bond acceptors (Lipinski definition) is 4. The Hall–Kier alpha value is 0.707. The molecule has 1 rings (SSSR count). The van der Waals surface area contributed by atoms with E-state index >= 15 is 0 Å². The van der Waals surface area contributed by atoms with Crippen molar-refractivity contribution in [3.63, 3.8) is 0 Å². The van der Waals surface area contributed by atoms with Gasteiger partial charge in [0, 0.05) is 0 Å². The van der Waals surface area contributed by atoms with Crippen molar-refractivity contribution in [2.75, 3.05) is 0 Å². The zero-order valence-corrected chi connectivity index (χ0v) is 10.0. The molecule has 0 aliphatic heterocycles. The first-order valence-corrected chi connectivity index (χ1v) is 4.10. The van der Waals surface area contributed by atoms with Crippen molar-refractivity contribution >= 4 is 7.82 Å². The van der Waals surface area contributed by atoms with Gasteiger partial charge in [0.15, 0.2) is 0 Å². The summed E-state index contributed by atoms with van der Waals surface area (Å²) in [5.41, 5.74) is 0. The number of rotatable bonds is 0. The van der Waals surface area contributed by atoms with E-state index in [2.05, 4.69) is 6.07 Å². The molecular formula is C6H5CeO4P. The molecule has 0 unspecified atom stereocenters. The molecule has 0 radical (unpaired) electrons. The van der Waals surface area contributed by atoms with Crippen LogP contribution in [0.2, 0.25) is 0 Å². The van der Waals surface area contributed by atoms with Crippen LogP contribution >= 0.6 is 7.82 Å². The summed E-state index contributed by atoms with van der Waals surface area (Å²) in [5.74, 6) is 0. The van der Waals surface area contributed by atoms with Gasteiger partial charge in [0.2, 0.25) is 0 Å². The molecule has 0 fully saturated rings. The van der Waals surface area contributed by atoms with E-state index < -0.39 is 7.82 Å². The van der Waals surface area contributed by atoms with Crippen molar-refractivity contribution in [2.24, 2.45) is 0 Å². The maximum absolute atomic E-state index is 8.55. The van der Waals surface area contributed by atoms with Crippen molar-refractivity contribution in [3.05, 3.63) is 36.4 Å². The molecule has 12 heavy (non-hydrogen) atoms. The Balaban J connectivity index is 0. The molecule has 0 aliphatic carbocycles. The van der Waals surface area contributed by atoms with Crippen LogP contribution in [0, 0.1) is 47.8 Å². The smallest absolute Gasteiger partial charge is 0.822 e. The van der Waals surface area contributed by atoms with Crippen molar-refractivity contribution < 1.29 is 61.0 Å². The van der Waals surface area contributed by atoms with E-state index in [0.29, 0.717) is 0 Å². The molecule has 0 saturated heterocycles. The van der Waals surface area contributed by atoms with Gasteiger partial charge in [-0.05, 0) is 0 Å². The quantitative estimate of drug-likeness (QED) is 0.438. The largest absolute Gasteiger partial charge is 4.00 e. The summed E-state index contributed by atoms with van der Waals surface area (Å²) < 4.78 is 8.55. The molecule has 0 amide bonds. The van der Waals surface area contributed by atoms with E-state index in [1.165, 1.54) is 0 Å². The average molecular weight is 312 g/mol. The number of hydrogen-bond donors (Lipinski definition) is 0. The molecule has 0 N–H and O–H groups in total. The first-order chi connectivity index (χ1) is 5.00. The van der Waals surface area contributed by atoms with Crippen LogP contribution in [-0.2, 0) is 4.57 Å². The normalized spacial score (nSPS) is 8.92. The first kappa shape index (κ1) is 15.2. The summed E-state index contributed by atoms with van der Waals surface area (Å²) in [6, 6.07) is 12.5. The molecule has 0 heterocycles. The van der Waals surface area contributed by atoms with Crippen molar-refractivity contribution in [1.29, 1.82) is 0 Å². The fourth-order valence-electron chi connectivity index (χ4n) is 0.342. The molecule has 6 heteroatoms. The fraction of sp³-hybridized carbons (Fsp3) is 0. The third kappa shape index (κ3) is 22.4. The van der Waals surface area contributed by atoms with Crippen molar-refractivity contribution in [3.8, 4) is 0 Å². The van der Waals surface area contributed by atoms with Crippen LogP contribution in [0.25, 0.3) is 0 Å². The first-order valence-electron chi connectivity index (χ1n) is 2.64. The molecule has 1 aromatic rings. The summed E-state index contributed by atoms with van der Waals surface area (Å²) in [4.78, 5) is 25.6. The zero-order chi connectivity index (χ0) is 8.74. The molecule has 0 saturated carbocycles. The van der Waals surface area contributed by atoms with Crippen LogP contribution in [0.3, 0.4) is 0 Å². The van der Waals surface area contributed by atoms with Gasteiger partial charge in [-0.25, -0.2) is 0 Å². The SMILES string of the molecule is O=P([O-])([O-])[O-].[Ce+4].[c-]1ccccc1. The van der Waals surface area contributed by atoms with Gasteiger partial charge in [0.1, 0.15) is 0 Å². The van der Waals surface area contributed by atoms with Crippen LogP contribution < -0.4 is 14.7 Å². The molecule has 0 bridgehead atoms. The van der Waals surface area contributed by atoms with E-state index in [0.717, 1.165) is 0 Å². The summed E-state index contributed by atoms with van der Waals surface area (Å²) in [6.07, 6.45) is 0. The molecule has 0 aromatic heterocycles. The Morgan fingerprint density at radius 3 is 1.42 bits per heavy atom. The predicted octanol–water partition coefficient (Wildman–Crippen LogP) is -1.34. The van der Waals surface area contributed by atoms with Gasteiger partial charge in [0.05, 0.1) is 0 Å². The maximum atomic E-state index is 8.55. The van der Waals surface area contributed by atoms with Gasteiger partial charge >= 0.3 is 41.7 Å². The molecule has 4 nitrogen and oxygen atoms in total. The summed E-state index contributed by atoms with van der Waals surface area (Å²) in [6.45, 7) is 0. The third-order valence-corrected chi connectivity index (χ3v) is 0.607. The standard InChI is InChI=1S/C6H5.Ce.H3O4P/c1-2-4-6-5-3-1;;1-5(2,3)4/h1-5H;;(H3,1,2,3,4)/q-1;+4;/p-3. The summed E-state index contributed by atoms with van der Waals surface area (Å²) in [7, 11) is -5.39. The van der Waals surface area contributed by atoms with E-state index in [1.54, 1.807) is 0 Å². The minimum Gasteiger partial charge on any atom is -0.822 e. The Kier molecular flexibility index (Phi) is 10.5. The Morgan fingerprint density at radius 2 is 1.33 bits per heavy atom. The second-order valence-electron chi connectivity index (χ2n) is 1.52. The van der Waals surface area contributed by atoms with Gasteiger partial charge in [-0.3, -0.25) is 0 Å². The molecule has 0 aliphatic rings. The monoisotopic (exact) mass is 312 g/mol. The van der Waals surface area contributed by atoms with Gasteiger partial charge in [-0.2, -0.15) is 44.2 Å². The second kappa shape index (κ2) is 8.31. The van der Waals surface area contributed by atoms with Crippen molar-refractivity contribution in [1.82, 2.24) is 0 Å². The molecule has 0 atom stereocenters. The van der Waals surface area contributed by atoms with E-state index in [4.69, 9.17) is 19.2 Å². The minimum atomic E-state index is -5.39. The van der Waals surface area contributed by atoms with Crippen LogP contribution in [0.1, 0.15) is 0 Å². The van der Waals surface area contributed by atoms with Gasteiger partial charge < -0.3 is 19.2 Å². The topological polar surface area (TPSA) is 86.2 Å². The number of benzene rings is 1. The molecular weight excluding hydrogens is 307 g/mol. The van der Waals surface area contributed by atoms with E-state index in [9.17, 15) is 0 Å². The summed E-state index contributed by atoms with van der Waals surface area (Å²) >= 11 is 0. The van der Waals surface area contributed by atoms with E-state index in [-0.39, 0.29) is 41.7 Å². The van der Waals surface area contributed by atoms with Crippen molar-refractivity contribution in [2.45, 2.75) is 0 Å². The third-order valence-electron chi connectivity index (χ3n) is 0.607. The Bertz CT molecular complexity index is 187. The van der Waals surface area contributed by atoms with Crippen LogP contribution in [0.15, 0.2) is 30.3 Å². The Labute approximate surface area is 104 Å². The molecule has 1 aromatic carbocycles. The summed E-state index contributed by atoms with van der Waals surface area (Å²) in [5, 5.41) is 0. The predicted molar refractivity (Wildman–Crippen MR) is 32.9 cm³/mol. The molecule has 62 valence electrons. The van der Waals surface area contributed by atoms with Crippen LogP contribution in [0.5, 0.6) is 0 Å². The van der Waals surface area contributed by atoms with Gasteiger partial charge in [-0.1, -0.05) is 0 Å². The Morgan fingerprint density at radius 1 is 1.00 bits per heavy atom. The van der Waals surface area contributed by atoms with Crippen LogP contribution in [0.4, 0.5) is 0 Å². The van der Waals surface area contributed by atoms with E-state index in [1.807, 2.05) is 30.3 Å². The fourth-order valence-corrected chi connectivity index (χ4v) is 0.342. The van der Waals surface area contributed by atoms with Gasteiger partial charge in [-0.15, -0.1) is 0 Å². The maximum Gasteiger partial charge on any atom is 4.00 e. The van der Waals surface area contributed by atoms with Crippen LogP contribution in [-0.4, -0.2) is 0 Å². The number of phosphoric acid groups is 1. The molecule has 0 spiro atoms. The zero-order valence-electron chi connectivity index (χ0n) is 5.97. The average Bonchev–Trinajstić information content (AvgIpc) is 1.88. The van der Waals surface area contributed by atoms with Gasteiger partial charge in [0.25, 0.3) is 0 Å².